The van der Waals surface area contributed by atoms with Crippen molar-refractivity contribution in [2.45, 2.75) is 13.3 Å². The van der Waals surface area contributed by atoms with Crippen LogP contribution >= 0.6 is 15.9 Å². The third-order valence-electron chi connectivity index (χ3n) is 1.88. The average Bonchev–Trinajstić information content (AvgIpc) is 2.20. The molecule has 1 aromatic carbocycles. The molecule has 1 rings (SSSR count). The van der Waals surface area contributed by atoms with Crippen molar-refractivity contribution in [1.82, 2.24) is 0 Å². The number of aryl methyl sites for hydroxylation is 1. The van der Waals surface area contributed by atoms with E-state index in [1.54, 1.807) is 13.0 Å². The Balaban J connectivity index is 3.05. The van der Waals surface area contributed by atoms with Crippen molar-refractivity contribution in [1.29, 1.82) is 5.26 Å². The fourth-order valence-electron chi connectivity index (χ4n) is 1.23. The smallest absolute Gasteiger partial charge is 0.312 e. The van der Waals surface area contributed by atoms with Crippen molar-refractivity contribution in [2.24, 2.45) is 0 Å². The van der Waals surface area contributed by atoms with Gasteiger partial charge in [-0.25, -0.2) is 0 Å². The molecule has 0 atom stereocenters. The van der Waals surface area contributed by atoms with Gasteiger partial charge in [-0.1, -0.05) is 15.9 Å². The van der Waals surface area contributed by atoms with Crippen LogP contribution in [-0.2, 0) is 0 Å². The fraction of sp³-hybridized carbons (Fsp3) is 0.300. The second-order valence-electron chi connectivity index (χ2n) is 3.08. The highest BCUT2D eigenvalue weighted by atomic mass is 79.9. The van der Waals surface area contributed by atoms with Crippen LogP contribution in [0.2, 0.25) is 0 Å². The molecule has 0 saturated carbocycles. The topological polar surface area (TPSA) is 76.2 Å². The first-order valence-electron chi connectivity index (χ1n) is 4.50. The highest BCUT2D eigenvalue weighted by Crippen LogP contribution is 2.34. The number of nitrogens with zero attached hydrogens (tertiary/aromatic N) is 2. The number of nitro groups is 1. The molecule has 0 aromatic heterocycles. The maximum Gasteiger partial charge on any atom is 0.312 e. The largest absolute Gasteiger partial charge is 0.486 e. The summed E-state index contributed by atoms with van der Waals surface area (Å²) in [5.41, 5.74) is 0.573. The van der Waals surface area contributed by atoms with Gasteiger partial charge in [0.05, 0.1) is 17.4 Å². The molecule has 16 heavy (non-hydrogen) atoms. The van der Waals surface area contributed by atoms with Gasteiger partial charge in [-0.15, -0.1) is 0 Å². The molecule has 84 valence electrons. The lowest BCUT2D eigenvalue weighted by molar-refractivity contribution is -0.386. The summed E-state index contributed by atoms with van der Waals surface area (Å²) in [6.45, 7) is 1.87. The summed E-state index contributed by atoms with van der Waals surface area (Å²) in [4.78, 5) is 10.3. The summed E-state index contributed by atoms with van der Waals surface area (Å²) < 4.78 is 5.87. The number of nitriles is 1. The van der Waals surface area contributed by atoms with E-state index in [9.17, 15) is 10.1 Å². The monoisotopic (exact) mass is 284 g/mol. The van der Waals surface area contributed by atoms with Crippen LogP contribution in [0, 0.1) is 28.4 Å². The van der Waals surface area contributed by atoms with Gasteiger partial charge in [0.2, 0.25) is 0 Å². The highest BCUT2D eigenvalue weighted by molar-refractivity contribution is 9.10. The molecule has 5 nitrogen and oxygen atoms in total. The van der Waals surface area contributed by atoms with Crippen LogP contribution in [0.3, 0.4) is 0 Å². The molecule has 0 aliphatic rings. The van der Waals surface area contributed by atoms with Crippen molar-refractivity contribution in [3.8, 4) is 11.8 Å². The number of ether oxygens (including phenoxy) is 1. The van der Waals surface area contributed by atoms with E-state index in [2.05, 4.69) is 15.9 Å². The molecule has 0 spiro atoms. The first-order valence-corrected chi connectivity index (χ1v) is 5.30. The van der Waals surface area contributed by atoms with Gasteiger partial charge < -0.3 is 4.74 Å². The molecule has 0 aliphatic heterocycles. The third kappa shape index (κ3) is 2.94. The number of rotatable bonds is 4. The standard InChI is InChI=1S/C10H9BrN2O3/c1-7-5-8(11)6-9(13(14)15)10(7)16-4-2-3-12/h5-6H,2,4H2,1H3. The Morgan fingerprint density at radius 3 is 2.88 bits per heavy atom. The Morgan fingerprint density at radius 1 is 1.62 bits per heavy atom. The number of halogens is 1. The number of hydrogen-bond donors (Lipinski definition) is 0. The van der Waals surface area contributed by atoms with Gasteiger partial charge in [0, 0.05) is 10.5 Å². The van der Waals surface area contributed by atoms with Crippen LogP contribution in [0.4, 0.5) is 5.69 Å². The zero-order valence-corrected chi connectivity index (χ0v) is 10.2. The number of hydrogen-bond acceptors (Lipinski definition) is 4. The summed E-state index contributed by atoms with van der Waals surface area (Å²) in [5.74, 6) is 0.225. The average molecular weight is 285 g/mol. The lowest BCUT2D eigenvalue weighted by Crippen LogP contribution is -2.01. The van der Waals surface area contributed by atoms with Crippen molar-refractivity contribution < 1.29 is 9.66 Å². The van der Waals surface area contributed by atoms with Gasteiger partial charge in [0.15, 0.2) is 5.75 Å². The second-order valence-corrected chi connectivity index (χ2v) is 4.00. The summed E-state index contributed by atoms with van der Waals surface area (Å²) in [5, 5.41) is 19.2. The molecular formula is C10H9BrN2O3. The first-order chi connectivity index (χ1) is 7.56. The Morgan fingerprint density at radius 2 is 2.31 bits per heavy atom. The van der Waals surface area contributed by atoms with E-state index in [0.717, 1.165) is 0 Å². The molecule has 0 unspecified atom stereocenters. The van der Waals surface area contributed by atoms with Gasteiger partial charge in [0.25, 0.3) is 0 Å². The SMILES string of the molecule is Cc1cc(Br)cc([N+](=O)[O-])c1OCCC#N. The van der Waals surface area contributed by atoms with Crippen LogP contribution < -0.4 is 4.74 Å². The molecule has 0 amide bonds. The van der Waals surface area contributed by atoms with Crippen LogP contribution in [-0.4, -0.2) is 11.5 Å². The molecule has 0 bridgehead atoms. The second kappa shape index (κ2) is 5.47. The molecule has 0 saturated heterocycles. The molecule has 0 aliphatic carbocycles. The Hall–Kier alpha value is -1.61. The Bertz CT molecular complexity index is 454. The van der Waals surface area contributed by atoms with Crippen molar-refractivity contribution in [2.75, 3.05) is 6.61 Å². The molecular weight excluding hydrogens is 276 g/mol. The van der Waals surface area contributed by atoms with E-state index in [0.29, 0.717) is 10.0 Å². The zero-order chi connectivity index (χ0) is 12.1. The quantitative estimate of drug-likeness (QED) is 0.484. The number of nitro benzene ring substituents is 1. The van der Waals surface area contributed by atoms with Crippen molar-refractivity contribution in [3.05, 3.63) is 32.3 Å². The molecule has 0 fully saturated rings. The van der Waals surface area contributed by atoms with Crippen molar-refractivity contribution >= 4 is 21.6 Å². The fourth-order valence-corrected chi connectivity index (χ4v) is 1.79. The van der Waals surface area contributed by atoms with Crippen LogP contribution in [0.25, 0.3) is 0 Å². The molecule has 1 aromatic rings. The maximum absolute atomic E-state index is 10.8. The number of benzene rings is 1. The molecule has 0 N–H and O–H groups in total. The summed E-state index contributed by atoms with van der Waals surface area (Å²) in [6.07, 6.45) is 0.201. The summed E-state index contributed by atoms with van der Waals surface area (Å²) in [7, 11) is 0. The zero-order valence-electron chi connectivity index (χ0n) is 8.57. The van der Waals surface area contributed by atoms with Crippen molar-refractivity contribution in [3.63, 3.8) is 0 Å². The minimum Gasteiger partial charge on any atom is -0.486 e. The first kappa shape index (κ1) is 12.5. The third-order valence-corrected chi connectivity index (χ3v) is 2.33. The summed E-state index contributed by atoms with van der Waals surface area (Å²) >= 11 is 3.18. The Kier molecular flexibility index (Phi) is 4.26. The van der Waals surface area contributed by atoms with Gasteiger partial charge in [-0.2, -0.15) is 5.26 Å². The van der Waals surface area contributed by atoms with E-state index in [1.165, 1.54) is 6.07 Å². The molecule has 6 heteroatoms. The molecule has 0 radical (unpaired) electrons. The van der Waals surface area contributed by atoms with Gasteiger partial charge in [0.1, 0.15) is 6.61 Å². The van der Waals surface area contributed by atoms with Gasteiger partial charge in [-0.3, -0.25) is 10.1 Å². The lowest BCUT2D eigenvalue weighted by atomic mass is 10.2. The van der Waals surface area contributed by atoms with E-state index in [4.69, 9.17) is 10.00 Å². The van der Waals surface area contributed by atoms with E-state index in [1.807, 2.05) is 6.07 Å². The minimum atomic E-state index is -0.501. The van der Waals surface area contributed by atoms with Gasteiger partial charge in [-0.05, 0) is 18.6 Å². The predicted octanol–water partition coefficient (Wildman–Crippen LogP) is 2.96. The van der Waals surface area contributed by atoms with Crippen LogP contribution in [0.1, 0.15) is 12.0 Å². The maximum atomic E-state index is 10.8. The van der Waals surface area contributed by atoms with E-state index < -0.39 is 4.92 Å². The summed E-state index contributed by atoms with van der Waals surface area (Å²) in [6, 6.07) is 5.03. The van der Waals surface area contributed by atoms with Crippen LogP contribution in [0.5, 0.6) is 5.75 Å². The highest BCUT2D eigenvalue weighted by Gasteiger charge is 2.18. The Labute approximate surface area is 101 Å². The van der Waals surface area contributed by atoms with Gasteiger partial charge >= 0.3 is 5.69 Å². The lowest BCUT2D eigenvalue weighted by Gasteiger charge is -2.08. The predicted molar refractivity (Wildman–Crippen MR) is 61.3 cm³/mol. The van der Waals surface area contributed by atoms with Crippen LogP contribution in [0.15, 0.2) is 16.6 Å². The van der Waals surface area contributed by atoms with E-state index >= 15 is 0 Å². The molecule has 0 heterocycles. The minimum absolute atomic E-state index is 0.0928. The van der Waals surface area contributed by atoms with E-state index in [-0.39, 0.29) is 24.5 Å². The normalized spacial score (nSPS) is 9.56.